The summed E-state index contributed by atoms with van der Waals surface area (Å²) in [6.45, 7) is 1.88. The molecule has 2 N–H and O–H groups in total. The maximum absolute atomic E-state index is 11.6. The average molecular weight is 420 g/mol. The van der Waals surface area contributed by atoms with Crippen LogP contribution in [-0.4, -0.2) is 18.3 Å². The Hall–Kier alpha value is -2.04. The zero-order valence-corrected chi connectivity index (χ0v) is 17.4. The van der Waals surface area contributed by atoms with Crippen LogP contribution in [0.15, 0.2) is 72.1 Å². The fourth-order valence-corrected chi connectivity index (χ4v) is 3.72. The second-order valence-corrected chi connectivity index (χ2v) is 8.91. The number of nitrogens with one attached hydrogen (secondary N) is 1. The van der Waals surface area contributed by atoms with Crippen LogP contribution in [0.1, 0.15) is 12.0 Å². The van der Waals surface area contributed by atoms with E-state index in [1.165, 1.54) is 7.11 Å². The SMILES string of the molecule is COP(=O)(O)CNc1cc(C)c(OC2=CC=CC3C=C2/C=C\C/C=C\3)c(Cl)c1. The van der Waals surface area contributed by atoms with Crippen LogP contribution >= 0.6 is 19.2 Å². The molecule has 0 aliphatic heterocycles. The molecule has 2 aliphatic carbocycles. The molecular weight excluding hydrogens is 397 g/mol. The first-order valence-corrected chi connectivity index (χ1v) is 11.1. The Kier molecular flexibility index (Phi) is 6.63. The van der Waals surface area contributed by atoms with Crippen molar-refractivity contribution >= 4 is 24.9 Å². The molecule has 148 valence electrons. The number of anilines is 1. The van der Waals surface area contributed by atoms with Crippen molar-refractivity contribution in [1.29, 1.82) is 0 Å². The lowest BCUT2D eigenvalue weighted by Crippen LogP contribution is -2.05. The van der Waals surface area contributed by atoms with Gasteiger partial charge in [0.1, 0.15) is 17.8 Å². The molecule has 0 spiro atoms. The Morgan fingerprint density at radius 2 is 2.14 bits per heavy atom. The van der Waals surface area contributed by atoms with E-state index in [0.717, 1.165) is 23.3 Å². The van der Waals surface area contributed by atoms with Gasteiger partial charge in [-0.05, 0) is 37.1 Å². The van der Waals surface area contributed by atoms with Gasteiger partial charge in [0.25, 0.3) is 0 Å². The molecule has 0 aromatic heterocycles. The quantitative estimate of drug-likeness (QED) is 0.454. The fourth-order valence-electron chi connectivity index (χ4n) is 2.90. The summed E-state index contributed by atoms with van der Waals surface area (Å²) in [4.78, 5) is 9.53. The predicted molar refractivity (Wildman–Crippen MR) is 114 cm³/mol. The standard InChI is InChI=1S/C21H23ClNO4P/c1-15-11-18(23-14-28(24,25)26-2)13-19(22)21(15)27-20-10-6-8-16-7-4-3-5-9-17(20)12-16/h4-13,16,23H,3,14H2,1-2H3,(H,24,25)/b7-4-,9-5-. The van der Waals surface area contributed by atoms with E-state index in [9.17, 15) is 9.46 Å². The van der Waals surface area contributed by atoms with Crippen LogP contribution < -0.4 is 10.1 Å². The van der Waals surface area contributed by atoms with Gasteiger partial charge in [-0.3, -0.25) is 4.57 Å². The Balaban J connectivity index is 1.82. The van der Waals surface area contributed by atoms with Gasteiger partial charge in [-0.1, -0.05) is 54.1 Å². The summed E-state index contributed by atoms with van der Waals surface area (Å²) < 4.78 is 22.4. The third-order valence-electron chi connectivity index (χ3n) is 4.37. The Bertz CT molecular complexity index is 923. The van der Waals surface area contributed by atoms with Crippen LogP contribution in [0.25, 0.3) is 0 Å². The minimum atomic E-state index is -3.66. The van der Waals surface area contributed by atoms with Gasteiger partial charge in [-0.15, -0.1) is 0 Å². The smallest absolute Gasteiger partial charge is 0.346 e. The average Bonchev–Trinajstić information content (AvgIpc) is 2.84. The van der Waals surface area contributed by atoms with Crippen molar-refractivity contribution in [2.24, 2.45) is 5.92 Å². The first kappa shape index (κ1) is 20.7. The Morgan fingerprint density at radius 3 is 2.89 bits per heavy atom. The molecule has 0 amide bonds. The van der Waals surface area contributed by atoms with Gasteiger partial charge in [-0.25, -0.2) is 0 Å². The lowest BCUT2D eigenvalue weighted by atomic mass is 10.0. The highest BCUT2D eigenvalue weighted by molar-refractivity contribution is 7.52. The summed E-state index contributed by atoms with van der Waals surface area (Å²) >= 11 is 6.45. The molecule has 0 saturated carbocycles. The summed E-state index contributed by atoms with van der Waals surface area (Å²) in [5, 5.41) is 3.29. The van der Waals surface area contributed by atoms with Crippen molar-refractivity contribution in [1.82, 2.24) is 0 Å². The summed E-state index contributed by atoms with van der Waals surface area (Å²) in [7, 11) is -2.46. The van der Waals surface area contributed by atoms with Gasteiger partial charge in [0.2, 0.25) is 0 Å². The Labute approximate surface area is 170 Å². The highest BCUT2D eigenvalue weighted by Crippen LogP contribution is 2.41. The third-order valence-corrected chi connectivity index (χ3v) is 5.78. The lowest BCUT2D eigenvalue weighted by Gasteiger charge is -2.17. The van der Waals surface area contributed by atoms with Crippen molar-refractivity contribution in [2.75, 3.05) is 18.7 Å². The summed E-state index contributed by atoms with van der Waals surface area (Å²) in [5.41, 5.74) is 2.42. The molecule has 3 rings (SSSR count). The van der Waals surface area contributed by atoms with E-state index in [4.69, 9.17) is 16.3 Å². The number of ether oxygens (including phenoxy) is 1. The molecular formula is C21H23ClNO4P. The van der Waals surface area contributed by atoms with Gasteiger partial charge in [0.15, 0.2) is 0 Å². The maximum atomic E-state index is 11.6. The monoisotopic (exact) mass is 419 g/mol. The number of hydrogen-bond donors (Lipinski definition) is 2. The van der Waals surface area contributed by atoms with Crippen molar-refractivity contribution in [3.8, 4) is 5.75 Å². The van der Waals surface area contributed by atoms with Crippen LogP contribution in [0.2, 0.25) is 5.02 Å². The zero-order valence-electron chi connectivity index (χ0n) is 15.8. The van der Waals surface area contributed by atoms with Crippen LogP contribution in [0.4, 0.5) is 5.69 Å². The molecule has 0 radical (unpaired) electrons. The summed E-state index contributed by atoms with van der Waals surface area (Å²) in [6.07, 6.45) is 17.3. The predicted octanol–water partition coefficient (Wildman–Crippen LogP) is 5.74. The van der Waals surface area contributed by atoms with Crippen molar-refractivity contribution < 1.29 is 18.7 Å². The second kappa shape index (κ2) is 8.97. The van der Waals surface area contributed by atoms with Gasteiger partial charge >= 0.3 is 7.60 Å². The maximum Gasteiger partial charge on any atom is 0.346 e. The Morgan fingerprint density at radius 1 is 1.32 bits per heavy atom. The van der Waals surface area contributed by atoms with Crippen molar-refractivity contribution in [3.05, 3.63) is 82.7 Å². The number of benzene rings is 1. The van der Waals surface area contributed by atoms with Crippen LogP contribution in [0, 0.1) is 12.8 Å². The molecule has 0 saturated heterocycles. The molecule has 1 aromatic rings. The molecule has 0 heterocycles. The lowest BCUT2D eigenvalue weighted by molar-refractivity contribution is 0.318. The van der Waals surface area contributed by atoms with Gasteiger partial charge in [-0.2, -0.15) is 0 Å². The number of rotatable bonds is 6. The minimum absolute atomic E-state index is 0.206. The van der Waals surface area contributed by atoms with Crippen LogP contribution in [-0.2, 0) is 9.09 Å². The number of hydrogen-bond acceptors (Lipinski definition) is 4. The van der Waals surface area contributed by atoms with Crippen LogP contribution in [0.5, 0.6) is 5.75 Å². The number of aryl methyl sites for hydroxylation is 1. The number of fused-ring (bicyclic) bond motifs is 1. The highest BCUT2D eigenvalue weighted by Gasteiger charge is 2.18. The summed E-state index contributed by atoms with van der Waals surface area (Å²) in [6, 6.07) is 3.48. The molecule has 1 aromatic carbocycles. The molecule has 28 heavy (non-hydrogen) atoms. The largest absolute Gasteiger partial charge is 0.455 e. The van der Waals surface area contributed by atoms with Gasteiger partial charge in [0, 0.05) is 24.3 Å². The zero-order chi connectivity index (χ0) is 20.1. The molecule has 2 aliphatic rings. The minimum Gasteiger partial charge on any atom is -0.455 e. The third kappa shape index (κ3) is 5.27. The van der Waals surface area contributed by atoms with E-state index in [2.05, 4.69) is 46.3 Å². The molecule has 2 atom stereocenters. The second-order valence-electron chi connectivity index (χ2n) is 6.54. The van der Waals surface area contributed by atoms with E-state index in [0.29, 0.717) is 16.5 Å². The topological polar surface area (TPSA) is 67.8 Å². The number of halogens is 1. The van der Waals surface area contributed by atoms with Gasteiger partial charge < -0.3 is 19.5 Å². The van der Waals surface area contributed by atoms with E-state index in [1.807, 2.05) is 25.1 Å². The molecule has 7 heteroatoms. The molecule has 2 bridgehead atoms. The molecule has 5 nitrogen and oxygen atoms in total. The van der Waals surface area contributed by atoms with Crippen molar-refractivity contribution in [3.63, 3.8) is 0 Å². The fraction of sp³-hybridized carbons (Fsp3) is 0.238. The van der Waals surface area contributed by atoms with E-state index < -0.39 is 7.60 Å². The highest BCUT2D eigenvalue weighted by atomic mass is 35.5. The first-order valence-electron chi connectivity index (χ1n) is 8.91. The van der Waals surface area contributed by atoms with Gasteiger partial charge in [0.05, 0.1) is 5.02 Å². The van der Waals surface area contributed by atoms with E-state index in [-0.39, 0.29) is 12.2 Å². The van der Waals surface area contributed by atoms with Crippen LogP contribution in [0.3, 0.4) is 0 Å². The summed E-state index contributed by atoms with van der Waals surface area (Å²) in [5.74, 6) is 1.50. The normalized spacial score (nSPS) is 22.6. The number of allylic oxidation sites excluding steroid dienone is 8. The molecule has 0 fully saturated rings. The van der Waals surface area contributed by atoms with E-state index >= 15 is 0 Å². The first-order chi connectivity index (χ1) is 13.4. The molecule has 2 unspecified atom stereocenters. The van der Waals surface area contributed by atoms with E-state index in [1.54, 1.807) is 6.07 Å². The van der Waals surface area contributed by atoms with Crippen molar-refractivity contribution in [2.45, 2.75) is 13.3 Å².